The molecule has 2 aliphatic heterocycles. The molecular weight excluding hydrogens is 293 g/mol. The number of hydrogen-bond acceptors (Lipinski definition) is 3. The fraction of sp³-hybridized carbons (Fsp3) is 0.500. The fourth-order valence-electron chi connectivity index (χ4n) is 4.14. The number of likely N-dealkylation sites (tertiary alicyclic amines) is 1. The largest absolute Gasteiger partial charge is 0.355 e. The normalized spacial score (nSPS) is 25.8. The molecule has 23 heavy (non-hydrogen) atoms. The number of aromatic amines is 1. The van der Waals surface area contributed by atoms with E-state index in [0.717, 1.165) is 18.8 Å². The predicted octanol–water partition coefficient (Wildman–Crippen LogP) is 2.34. The van der Waals surface area contributed by atoms with Crippen molar-refractivity contribution >= 4 is 10.9 Å². The summed E-state index contributed by atoms with van der Waals surface area (Å²) in [5.41, 5.74) is 1.01. The summed E-state index contributed by atoms with van der Waals surface area (Å²) in [4.78, 5) is 20.2. The Kier molecular flexibility index (Phi) is 3.70. The molecule has 122 valence electrons. The number of para-hydroxylation sites is 1. The van der Waals surface area contributed by atoms with Gasteiger partial charge < -0.3 is 4.98 Å². The van der Waals surface area contributed by atoms with E-state index in [4.69, 9.17) is 0 Å². The number of hydrogen-bond donors (Lipinski definition) is 1. The second-order valence-electron chi connectivity index (χ2n) is 6.90. The van der Waals surface area contributed by atoms with Gasteiger partial charge in [-0.25, -0.2) is 4.39 Å². The van der Waals surface area contributed by atoms with Crippen LogP contribution in [0.2, 0.25) is 0 Å². The van der Waals surface area contributed by atoms with Crippen LogP contribution in [0.1, 0.15) is 25.0 Å². The molecule has 5 heteroatoms. The Bertz CT molecular complexity index is 787. The van der Waals surface area contributed by atoms with Gasteiger partial charge in [-0.2, -0.15) is 0 Å². The number of aromatic nitrogens is 1. The zero-order chi connectivity index (χ0) is 16.0. The monoisotopic (exact) mass is 315 g/mol. The molecular formula is C18H22FN3O. The fourth-order valence-corrected chi connectivity index (χ4v) is 4.14. The third-order valence-corrected chi connectivity index (χ3v) is 5.50. The first kappa shape index (κ1) is 14.8. The highest BCUT2D eigenvalue weighted by molar-refractivity contribution is 5.78. The Morgan fingerprint density at radius 2 is 2.09 bits per heavy atom. The zero-order valence-electron chi connectivity index (χ0n) is 13.4. The van der Waals surface area contributed by atoms with Gasteiger partial charge in [-0.15, -0.1) is 0 Å². The van der Waals surface area contributed by atoms with Gasteiger partial charge in [0.1, 0.15) is 5.82 Å². The highest BCUT2D eigenvalue weighted by atomic mass is 19.1. The Labute approximate surface area is 134 Å². The average molecular weight is 315 g/mol. The Hall–Kier alpha value is -1.72. The summed E-state index contributed by atoms with van der Waals surface area (Å²) in [6.07, 6.45) is 3.72. The molecule has 0 saturated carbocycles. The third-order valence-electron chi connectivity index (χ3n) is 5.50. The highest BCUT2D eigenvalue weighted by Gasteiger charge is 2.34. The number of nitrogens with zero attached hydrogens (tertiary/aromatic N) is 2. The van der Waals surface area contributed by atoms with Crippen molar-refractivity contribution in [3.63, 3.8) is 0 Å². The lowest BCUT2D eigenvalue weighted by Gasteiger charge is -2.25. The first-order valence-electron chi connectivity index (χ1n) is 8.36. The predicted molar refractivity (Wildman–Crippen MR) is 89.0 cm³/mol. The Morgan fingerprint density at radius 1 is 1.26 bits per heavy atom. The number of benzene rings is 1. The van der Waals surface area contributed by atoms with Crippen molar-refractivity contribution < 1.29 is 4.39 Å². The van der Waals surface area contributed by atoms with Crippen LogP contribution >= 0.6 is 0 Å². The summed E-state index contributed by atoms with van der Waals surface area (Å²) in [7, 11) is 2.22. The molecule has 4 rings (SSSR count). The number of fused-ring (bicyclic) bond motifs is 3. The number of nitrogens with one attached hydrogen (secondary N) is 1. The molecule has 2 aliphatic rings. The topological polar surface area (TPSA) is 39.3 Å². The van der Waals surface area contributed by atoms with Crippen LogP contribution in [-0.2, 0) is 6.54 Å². The van der Waals surface area contributed by atoms with Crippen LogP contribution in [0.5, 0.6) is 0 Å². The number of rotatable bonds is 2. The lowest BCUT2D eigenvalue weighted by molar-refractivity contribution is 0.213. The van der Waals surface area contributed by atoms with Crippen molar-refractivity contribution in [2.45, 2.75) is 37.9 Å². The van der Waals surface area contributed by atoms with Gasteiger partial charge in [0, 0.05) is 48.9 Å². The van der Waals surface area contributed by atoms with Crippen molar-refractivity contribution in [2.24, 2.45) is 0 Å². The lowest BCUT2D eigenvalue weighted by atomic mass is 10.1. The van der Waals surface area contributed by atoms with Crippen LogP contribution < -0.4 is 5.43 Å². The number of halogens is 1. The summed E-state index contributed by atoms with van der Waals surface area (Å²) >= 11 is 0. The maximum Gasteiger partial charge on any atom is 0.189 e. The Morgan fingerprint density at radius 3 is 2.96 bits per heavy atom. The van der Waals surface area contributed by atoms with E-state index in [1.54, 1.807) is 18.2 Å². The summed E-state index contributed by atoms with van der Waals surface area (Å²) in [5.74, 6) is -0.365. The van der Waals surface area contributed by atoms with Gasteiger partial charge in [0.25, 0.3) is 0 Å². The molecule has 2 bridgehead atoms. The summed E-state index contributed by atoms with van der Waals surface area (Å²) in [6.45, 7) is 2.73. The minimum atomic E-state index is -0.365. The molecule has 0 amide bonds. The molecule has 0 radical (unpaired) electrons. The Balaban J connectivity index is 1.61. The maximum atomic E-state index is 14.0. The third kappa shape index (κ3) is 2.68. The summed E-state index contributed by atoms with van der Waals surface area (Å²) in [6, 6.07) is 7.55. The smallest absolute Gasteiger partial charge is 0.189 e. The van der Waals surface area contributed by atoms with E-state index in [1.807, 2.05) is 0 Å². The van der Waals surface area contributed by atoms with E-state index in [-0.39, 0.29) is 11.2 Å². The van der Waals surface area contributed by atoms with E-state index >= 15 is 0 Å². The molecule has 1 N–H and O–H groups in total. The van der Waals surface area contributed by atoms with E-state index in [1.165, 1.54) is 25.3 Å². The number of H-pyrrole nitrogens is 1. The summed E-state index contributed by atoms with van der Waals surface area (Å²) < 4.78 is 14.0. The second-order valence-corrected chi connectivity index (χ2v) is 6.90. The van der Waals surface area contributed by atoms with Gasteiger partial charge in [0.15, 0.2) is 5.43 Å². The van der Waals surface area contributed by atoms with Gasteiger partial charge in [-0.1, -0.05) is 6.07 Å². The van der Waals surface area contributed by atoms with Crippen LogP contribution in [0.15, 0.2) is 29.1 Å². The van der Waals surface area contributed by atoms with Crippen molar-refractivity contribution in [2.75, 3.05) is 20.1 Å². The van der Waals surface area contributed by atoms with Gasteiger partial charge in [-0.05, 0) is 38.4 Å². The van der Waals surface area contributed by atoms with E-state index in [2.05, 4.69) is 21.8 Å². The van der Waals surface area contributed by atoms with Crippen LogP contribution in [0.4, 0.5) is 4.39 Å². The van der Waals surface area contributed by atoms with Crippen molar-refractivity contribution in [1.29, 1.82) is 0 Å². The van der Waals surface area contributed by atoms with Crippen molar-refractivity contribution in [3.8, 4) is 0 Å². The van der Waals surface area contributed by atoms with Crippen molar-refractivity contribution in [1.82, 2.24) is 14.8 Å². The second kappa shape index (κ2) is 5.73. The lowest BCUT2D eigenvalue weighted by Crippen LogP contribution is -2.36. The van der Waals surface area contributed by atoms with Gasteiger partial charge >= 0.3 is 0 Å². The van der Waals surface area contributed by atoms with Gasteiger partial charge in [-0.3, -0.25) is 14.6 Å². The molecule has 1 aromatic heterocycles. The molecule has 2 aromatic rings. The molecule has 0 unspecified atom stereocenters. The molecule has 2 saturated heterocycles. The first-order chi connectivity index (χ1) is 11.1. The van der Waals surface area contributed by atoms with Gasteiger partial charge in [0.05, 0.1) is 5.52 Å². The molecule has 4 nitrogen and oxygen atoms in total. The molecule has 0 spiro atoms. The summed E-state index contributed by atoms with van der Waals surface area (Å²) in [5, 5.41) is 0.420. The average Bonchev–Trinajstić information content (AvgIpc) is 2.77. The zero-order valence-corrected chi connectivity index (χ0v) is 13.4. The van der Waals surface area contributed by atoms with E-state index < -0.39 is 0 Å². The van der Waals surface area contributed by atoms with Crippen LogP contribution in [0.25, 0.3) is 10.9 Å². The first-order valence-corrected chi connectivity index (χ1v) is 8.36. The maximum absolute atomic E-state index is 14.0. The number of pyridine rings is 1. The molecule has 2 fully saturated rings. The van der Waals surface area contributed by atoms with Crippen molar-refractivity contribution in [3.05, 3.63) is 46.0 Å². The van der Waals surface area contributed by atoms with Crippen LogP contribution in [-0.4, -0.2) is 47.0 Å². The van der Waals surface area contributed by atoms with Gasteiger partial charge in [0.2, 0.25) is 0 Å². The number of likely N-dealkylation sites (N-methyl/N-ethyl adjacent to an activating group) is 1. The quantitative estimate of drug-likeness (QED) is 0.924. The van der Waals surface area contributed by atoms with Crippen LogP contribution in [0.3, 0.4) is 0 Å². The minimum Gasteiger partial charge on any atom is -0.355 e. The van der Waals surface area contributed by atoms with Crippen LogP contribution in [0, 0.1) is 5.82 Å². The minimum absolute atomic E-state index is 0.110. The molecule has 0 aliphatic carbocycles. The SMILES string of the molecule is CN1[C@H]2CC[C@@H]1CN(Cc1cc(=O)c3cccc(F)c3[nH]1)CC2. The highest BCUT2D eigenvalue weighted by Crippen LogP contribution is 2.28. The molecule has 1 aromatic carbocycles. The van der Waals surface area contributed by atoms with E-state index in [9.17, 15) is 9.18 Å². The van der Waals surface area contributed by atoms with E-state index in [0.29, 0.717) is 29.5 Å². The standard InChI is InChI=1S/C18H22FN3O/c1-21-13-5-6-14(21)11-22(8-7-13)10-12-9-17(23)15-3-2-4-16(19)18(15)20-12/h2-4,9,13-14H,5-8,10-11H2,1H3,(H,20,23)/t13-,14+/m0/s1. The molecule has 2 atom stereocenters. The molecule has 3 heterocycles.